The van der Waals surface area contributed by atoms with Crippen LogP contribution in [0.1, 0.15) is 17.5 Å². The Bertz CT molecular complexity index is 671. The van der Waals surface area contributed by atoms with Crippen LogP contribution in [-0.2, 0) is 17.9 Å². The van der Waals surface area contributed by atoms with Crippen LogP contribution in [0.25, 0.3) is 0 Å². The number of benzene rings is 2. The summed E-state index contributed by atoms with van der Waals surface area (Å²) in [5.41, 5.74) is 1.35. The minimum absolute atomic E-state index is 0.0256. The number of carboxylic acid groups (broad SMARTS) is 1. The van der Waals surface area contributed by atoms with Crippen molar-refractivity contribution in [2.24, 2.45) is 0 Å². The minimum Gasteiger partial charge on any atom is -0.497 e. The van der Waals surface area contributed by atoms with Crippen LogP contribution in [0.4, 0.5) is 4.39 Å². The molecule has 0 aliphatic heterocycles. The molecule has 24 heavy (non-hydrogen) atoms. The molecule has 0 aromatic heterocycles. The Morgan fingerprint density at radius 1 is 1.21 bits per heavy atom. The largest absolute Gasteiger partial charge is 0.497 e. The van der Waals surface area contributed by atoms with Gasteiger partial charge in [0.15, 0.2) is 0 Å². The maximum Gasteiger partial charge on any atom is 0.304 e. The number of hydrogen-bond donors (Lipinski definition) is 1. The van der Waals surface area contributed by atoms with Crippen molar-refractivity contribution in [3.05, 3.63) is 64.4 Å². The highest BCUT2D eigenvalue weighted by Crippen LogP contribution is 2.22. The Labute approximate surface area is 145 Å². The van der Waals surface area contributed by atoms with Gasteiger partial charge in [-0.25, -0.2) is 4.39 Å². The first-order valence-electron chi connectivity index (χ1n) is 7.49. The minimum atomic E-state index is -0.894. The van der Waals surface area contributed by atoms with Crippen LogP contribution >= 0.6 is 11.6 Å². The molecule has 0 saturated heterocycles. The summed E-state index contributed by atoms with van der Waals surface area (Å²) in [4.78, 5) is 12.7. The molecule has 0 unspecified atom stereocenters. The predicted molar refractivity (Wildman–Crippen MR) is 90.8 cm³/mol. The summed E-state index contributed by atoms with van der Waals surface area (Å²) in [7, 11) is 1.59. The molecular formula is C18H19ClFNO3. The molecule has 0 radical (unpaired) electrons. The van der Waals surface area contributed by atoms with Gasteiger partial charge < -0.3 is 9.84 Å². The number of methoxy groups -OCH3 is 1. The zero-order chi connectivity index (χ0) is 17.5. The fourth-order valence-corrected chi connectivity index (χ4v) is 2.59. The van der Waals surface area contributed by atoms with E-state index in [9.17, 15) is 9.18 Å². The molecule has 0 amide bonds. The summed E-state index contributed by atoms with van der Waals surface area (Å²) in [5, 5.41) is 9.27. The molecule has 0 aliphatic carbocycles. The highest BCUT2D eigenvalue weighted by atomic mass is 35.5. The van der Waals surface area contributed by atoms with Crippen molar-refractivity contribution >= 4 is 17.6 Å². The highest BCUT2D eigenvalue weighted by molar-refractivity contribution is 6.31. The van der Waals surface area contributed by atoms with Gasteiger partial charge in [0.1, 0.15) is 11.6 Å². The van der Waals surface area contributed by atoms with Crippen molar-refractivity contribution in [2.75, 3.05) is 13.7 Å². The lowest BCUT2D eigenvalue weighted by Crippen LogP contribution is -2.26. The molecule has 0 atom stereocenters. The number of nitrogens with zero attached hydrogens (tertiary/aromatic N) is 1. The summed E-state index contributed by atoms with van der Waals surface area (Å²) in [5.74, 6) is -0.542. The van der Waals surface area contributed by atoms with Crippen molar-refractivity contribution in [3.8, 4) is 5.75 Å². The second-order valence-electron chi connectivity index (χ2n) is 5.40. The van der Waals surface area contributed by atoms with Gasteiger partial charge in [0.25, 0.3) is 0 Å². The smallest absolute Gasteiger partial charge is 0.304 e. The Morgan fingerprint density at radius 3 is 2.50 bits per heavy atom. The molecule has 2 rings (SSSR count). The van der Waals surface area contributed by atoms with Gasteiger partial charge >= 0.3 is 5.97 Å². The first-order chi connectivity index (χ1) is 11.5. The van der Waals surface area contributed by atoms with Crippen LogP contribution in [0.3, 0.4) is 0 Å². The van der Waals surface area contributed by atoms with Gasteiger partial charge in [-0.15, -0.1) is 0 Å². The van der Waals surface area contributed by atoms with Crippen LogP contribution in [0.15, 0.2) is 42.5 Å². The first kappa shape index (κ1) is 18.2. The van der Waals surface area contributed by atoms with Crippen LogP contribution < -0.4 is 4.74 Å². The highest BCUT2D eigenvalue weighted by Gasteiger charge is 2.14. The molecule has 128 valence electrons. The number of ether oxygens (including phenoxy) is 1. The van der Waals surface area contributed by atoms with Gasteiger partial charge in [-0.1, -0.05) is 29.8 Å². The number of carbonyl (C=O) groups is 1. The van der Waals surface area contributed by atoms with Gasteiger partial charge in [0.05, 0.1) is 13.5 Å². The van der Waals surface area contributed by atoms with E-state index in [0.29, 0.717) is 23.7 Å². The lowest BCUT2D eigenvalue weighted by Gasteiger charge is -2.22. The topological polar surface area (TPSA) is 49.8 Å². The number of aliphatic carboxylic acids is 1. The van der Waals surface area contributed by atoms with Crippen molar-refractivity contribution in [2.45, 2.75) is 19.5 Å². The van der Waals surface area contributed by atoms with Crippen LogP contribution in [-0.4, -0.2) is 29.6 Å². The Kier molecular flexibility index (Phi) is 6.58. The van der Waals surface area contributed by atoms with E-state index in [2.05, 4.69) is 0 Å². The summed E-state index contributed by atoms with van der Waals surface area (Å²) in [6, 6.07) is 12.0. The van der Waals surface area contributed by atoms with E-state index in [-0.39, 0.29) is 13.0 Å². The third-order valence-electron chi connectivity index (χ3n) is 3.65. The quantitative estimate of drug-likeness (QED) is 0.782. The normalized spacial score (nSPS) is 10.8. The van der Waals surface area contributed by atoms with Gasteiger partial charge in [-0.2, -0.15) is 0 Å². The summed E-state index contributed by atoms with van der Waals surface area (Å²) in [6.07, 6.45) is -0.0256. The fourth-order valence-electron chi connectivity index (χ4n) is 2.36. The average molecular weight is 352 g/mol. The van der Waals surface area contributed by atoms with E-state index in [1.807, 2.05) is 29.2 Å². The maximum atomic E-state index is 14.0. The summed E-state index contributed by atoms with van der Waals surface area (Å²) in [6.45, 7) is 1.03. The second kappa shape index (κ2) is 8.66. The van der Waals surface area contributed by atoms with Gasteiger partial charge in [0.2, 0.25) is 0 Å². The number of halogens is 2. The Hall–Kier alpha value is -2.11. The van der Waals surface area contributed by atoms with Gasteiger partial charge in [0, 0.05) is 30.2 Å². The number of hydrogen-bond acceptors (Lipinski definition) is 3. The van der Waals surface area contributed by atoms with Crippen LogP contribution in [0.2, 0.25) is 5.02 Å². The molecule has 0 saturated carbocycles. The fraction of sp³-hybridized carbons (Fsp3) is 0.278. The Morgan fingerprint density at radius 2 is 1.92 bits per heavy atom. The number of rotatable bonds is 8. The molecule has 0 bridgehead atoms. The molecule has 0 fully saturated rings. The van der Waals surface area contributed by atoms with Crippen LogP contribution in [0.5, 0.6) is 5.75 Å². The molecule has 1 N–H and O–H groups in total. The maximum absolute atomic E-state index is 14.0. The van der Waals surface area contributed by atoms with E-state index >= 15 is 0 Å². The second-order valence-corrected chi connectivity index (χ2v) is 5.81. The predicted octanol–water partition coefficient (Wildman–Crippen LogP) is 3.96. The average Bonchev–Trinajstić information content (AvgIpc) is 2.56. The molecule has 0 spiro atoms. The molecule has 4 nitrogen and oxygen atoms in total. The lowest BCUT2D eigenvalue weighted by atomic mass is 10.1. The van der Waals surface area contributed by atoms with Gasteiger partial charge in [-0.3, -0.25) is 9.69 Å². The number of carboxylic acids is 1. The lowest BCUT2D eigenvalue weighted by molar-refractivity contribution is -0.137. The zero-order valence-corrected chi connectivity index (χ0v) is 14.1. The third kappa shape index (κ3) is 5.22. The van der Waals surface area contributed by atoms with Crippen molar-refractivity contribution in [1.29, 1.82) is 0 Å². The Balaban J connectivity index is 2.15. The summed E-state index contributed by atoms with van der Waals surface area (Å²) < 4.78 is 19.1. The summed E-state index contributed by atoms with van der Waals surface area (Å²) >= 11 is 6.08. The van der Waals surface area contributed by atoms with E-state index in [0.717, 1.165) is 11.3 Å². The monoisotopic (exact) mass is 351 g/mol. The molecule has 2 aromatic rings. The van der Waals surface area contributed by atoms with Crippen LogP contribution in [0, 0.1) is 5.82 Å². The molecule has 0 aliphatic rings. The van der Waals surface area contributed by atoms with E-state index in [1.54, 1.807) is 19.2 Å². The van der Waals surface area contributed by atoms with Crippen molar-refractivity contribution in [3.63, 3.8) is 0 Å². The van der Waals surface area contributed by atoms with E-state index in [1.165, 1.54) is 6.07 Å². The molecule has 6 heteroatoms. The third-order valence-corrected chi connectivity index (χ3v) is 4.00. The first-order valence-corrected chi connectivity index (χ1v) is 7.87. The molecular weight excluding hydrogens is 333 g/mol. The SMILES string of the molecule is COc1ccc(CN(CCC(=O)O)Cc2c(F)cccc2Cl)cc1. The molecule has 2 aromatic carbocycles. The standard InChI is InChI=1S/C18H19ClFNO3/c1-24-14-7-5-13(6-8-14)11-21(10-9-18(22)23)12-15-16(19)3-2-4-17(15)20/h2-8H,9-12H2,1H3,(H,22,23). The van der Waals surface area contributed by atoms with Crippen molar-refractivity contribution < 1.29 is 19.0 Å². The molecule has 0 heterocycles. The van der Waals surface area contributed by atoms with E-state index in [4.69, 9.17) is 21.4 Å². The van der Waals surface area contributed by atoms with Crippen molar-refractivity contribution in [1.82, 2.24) is 4.90 Å². The zero-order valence-electron chi connectivity index (χ0n) is 13.3. The van der Waals surface area contributed by atoms with E-state index < -0.39 is 11.8 Å². The van der Waals surface area contributed by atoms with Gasteiger partial charge in [-0.05, 0) is 29.8 Å².